The molecular weight excluding hydrogens is 412 g/mol. The normalized spacial score (nSPS) is 14.3. The summed E-state index contributed by atoms with van der Waals surface area (Å²) in [4.78, 5) is 41.9. The lowest BCUT2D eigenvalue weighted by Gasteiger charge is -2.38. The second kappa shape index (κ2) is 8.10. The number of hydrogen-bond donors (Lipinski definition) is 1. The highest BCUT2D eigenvalue weighted by Crippen LogP contribution is 2.44. The number of aromatic nitrogens is 1. The zero-order valence-electron chi connectivity index (χ0n) is 17.4. The van der Waals surface area contributed by atoms with Crippen molar-refractivity contribution < 1.29 is 19.2 Å². The van der Waals surface area contributed by atoms with Gasteiger partial charge >= 0.3 is 6.09 Å². The molecule has 0 radical (unpaired) electrons. The standard InChI is InChI=1S/C23H20N4O5/c1-23(2)17-12-18(25-21(28)16-8-10-24-11-9-16)20(27(30)31)13-19(17)26(22(29)32-23)14-15-6-4-3-5-7-15/h3-13H,14H2,1-2H3,(H,25,28). The number of nitro groups is 1. The molecule has 32 heavy (non-hydrogen) atoms. The summed E-state index contributed by atoms with van der Waals surface area (Å²) in [7, 11) is 0. The maximum absolute atomic E-state index is 12.8. The summed E-state index contributed by atoms with van der Waals surface area (Å²) < 4.78 is 5.63. The van der Waals surface area contributed by atoms with Gasteiger partial charge in [0.15, 0.2) is 0 Å². The molecule has 1 aliphatic rings. The van der Waals surface area contributed by atoms with Crippen LogP contribution in [0, 0.1) is 10.1 Å². The summed E-state index contributed by atoms with van der Waals surface area (Å²) in [6, 6.07) is 15.1. The number of carbonyl (C=O) groups is 2. The van der Waals surface area contributed by atoms with E-state index in [1.807, 2.05) is 30.3 Å². The first kappa shape index (κ1) is 21.0. The van der Waals surface area contributed by atoms with Gasteiger partial charge in [0.25, 0.3) is 11.6 Å². The van der Waals surface area contributed by atoms with Crippen molar-refractivity contribution in [3.8, 4) is 0 Å². The molecule has 2 aromatic carbocycles. The monoisotopic (exact) mass is 432 g/mol. The van der Waals surface area contributed by atoms with E-state index in [1.54, 1.807) is 13.8 Å². The van der Waals surface area contributed by atoms with Gasteiger partial charge in [-0.25, -0.2) is 4.79 Å². The van der Waals surface area contributed by atoms with Crippen LogP contribution in [0.3, 0.4) is 0 Å². The van der Waals surface area contributed by atoms with Crippen molar-refractivity contribution in [2.24, 2.45) is 0 Å². The predicted octanol–water partition coefficient (Wildman–Crippen LogP) is 4.63. The molecule has 3 aromatic rings. The molecule has 162 valence electrons. The number of benzene rings is 2. The molecule has 1 aromatic heterocycles. The van der Waals surface area contributed by atoms with E-state index in [-0.39, 0.29) is 17.9 Å². The molecule has 9 nitrogen and oxygen atoms in total. The van der Waals surface area contributed by atoms with Crippen LogP contribution in [0.4, 0.5) is 21.9 Å². The lowest BCUT2D eigenvalue weighted by molar-refractivity contribution is -0.383. The predicted molar refractivity (Wildman–Crippen MR) is 117 cm³/mol. The third-order valence-corrected chi connectivity index (χ3v) is 5.19. The molecule has 2 heterocycles. The number of carbonyl (C=O) groups excluding carboxylic acids is 2. The summed E-state index contributed by atoms with van der Waals surface area (Å²) in [5.74, 6) is -0.512. The molecule has 9 heteroatoms. The molecule has 0 spiro atoms. The lowest BCUT2D eigenvalue weighted by Crippen LogP contribution is -2.43. The van der Waals surface area contributed by atoms with Crippen LogP contribution in [0.25, 0.3) is 0 Å². The highest BCUT2D eigenvalue weighted by Gasteiger charge is 2.40. The lowest BCUT2D eigenvalue weighted by atomic mass is 9.92. The zero-order valence-corrected chi connectivity index (χ0v) is 17.4. The quantitative estimate of drug-likeness (QED) is 0.464. The number of pyridine rings is 1. The summed E-state index contributed by atoms with van der Waals surface area (Å²) in [5, 5.41) is 14.4. The van der Waals surface area contributed by atoms with Gasteiger partial charge in [0.2, 0.25) is 0 Å². The molecule has 0 aliphatic carbocycles. The zero-order chi connectivity index (χ0) is 22.9. The van der Waals surface area contributed by atoms with E-state index in [0.29, 0.717) is 16.8 Å². The van der Waals surface area contributed by atoms with E-state index in [2.05, 4.69) is 10.3 Å². The van der Waals surface area contributed by atoms with Crippen molar-refractivity contribution in [3.63, 3.8) is 0 Å². The molecule has 0 bridgehead atoms. The van der Waals surface area contributed by atoms with Gasteiger partial charge in [-0.15, -0.1) is 0 Å². The van der Waals surface area contributed by atoms with E-state index in [0.717, 1.165) is 5.56 Å². The van der Waals surface area contributed by atoms with Crippen LogP contribution in [0.2, 0.25) is 0 Å². The van der Waals surface area contributed by atoms with Crippen LogP contribution in [-0.2, 0) is 16.9 Å². The van der Waals surface area contributed by atoms with Crippen molar-refractivity contribution >= 4 is 29.1 Å². The van der Waals surface area contributed by atoms with Crippen molar-refractivity contribution in [2.45, 2.75) is 26.0 Å². The number of hydrogen-bond acceptors (Lipinski definition) is 6. The van der Waals surface area contributed by atoms with Crippen molar-refractivity contribution in [1.29, 1.82) is 0 Å². The fourth-order valence-electron chi connectivity index (χ4n) is 3.57. The van der Waals surface area contributed by atoms with Gasteiger partial charge in [-0.05, 0) is 37.6 Å². The number of anilines is 2. The Kier molecular flexibility index (Phi) is 5.31. The van der Waals surface area contributed by atoms with Gasteiger partial charge in [0.05, 0.1) is 17.2 Å². The molecular formula is C23H20N4O5. The fraction of sp³-hybridized carbons (Fsp3) is 0.174. The Morgan fingerprint density at radius 2 is 1.84 bits per heavy atom. The van der Waals surface area contributed by atoms with Gasteiger partial charge in [0, 0.05) is 29.6 Å². The van der Waals surface area contributed by atoms with E-state index >= 15 is 0 Å². The summed E-state index contributed by atoms with van der Waals surface area (Å²) in [6.07, 6.45) is 2.31. The fourth-order valence-corrected chi connectivity index (χ4v) is 3.57. The number of nitrogens with zero attached hydrogens (tertiary/aromatic N) is 3. The SMILES string of the molecule is CC1(C)OC(=O)N(Cc2ccccc2)c2cc([N+](=O)[O-])c(NC(=O)c3ccncc3)cc21. The summed E-state index contributed by atoms with van der Waals surface area (Å²) in [5.41, 5.74) is 0.699. The third-order valence-electron chi connectivity index (χ3n) is 5.19. The smallest absolute Gasteiger partial charge is 0.415 e. The van der Waals surface area contributed by atoms with Crippen molar-refractivity contribution in [2.75, 3.05) is 10.2 Å². The second-order valence-electron chi connectivity index (χ2n) is 7.78. The Balaban J connectivity index is 1.79. The van der Waals surface area contributed by atoms with Gasteiger partial charge in [0.1, 0.15) is 11.3 Å². The van der Waals surface area contributed by atoms with Crippen LogP contribution in [0.15, 0.2) is 67.0 Å². The largest absolute Gasteiger partial charge is 0.438 e. The van der Waals surface area contributed by atoms with Crippen LogP contribution < -0.4 is 10.2 Å². The minimum atomic E-state index is -1.05. The molecule has 0 atom stereocenters. The van der Waals surface area contributed by atoms with Crippen molar-refractivity contribution in [3.05, 3.63) is 93.8 Å². The van der Waals surface area contributed by atoms with Crippen LogP contribution in [0.5, 0.6) is 0 Å². The number of cyclic esters (lactones) is 1. The maximum atomic E-state index is 12.8. The molecule has 2 amide bonds. The molecule has 1 aliphatic heterocycles. The van der Waals surface area contributed by atoms with Gasteiger partial charge < -0.3 is 10.1 Å². The molecule has 0 fully saturated rings. The van der Waals surface area contributed by atoms with Gasteiger partial charge in [-0.1, -0.05) is 30.3 Å². The topological polar surface area (TPSA) is 115 Å². The summed E-state index contributed by atoms with van der Waals surface area (Å²) >= 11 is 0. The number of fused-ring (bicyclic) bond motifs is 1. The minimum Gasteiger partial charge on any atom is -0.438 e. The first-order valence-electron chi connectivity index (χ1n) is 9.85. The highest BCUT2D eigenvalue weighted by atomic mass is 16.6. The van der Waals surface area contributed by atoms with Crippen molar-refractivity contribution in [1.82, 2.24) is 4.98 Å². The average Bonchev–Trinajstić information content (AvgIpc) is 2.77. The molecule has 0 saturated carbocycles. The van der Waals surface area contributed by atoms with Gasteiger partial charge in [-0.3, -0.25) is 24.8 Å². The van der Waals surface area contributed by atoms with E-state index in [9.17, 15) is 19.7 Å². The van der Waals surface area contributed by atoms with Crippen LogP contribution in [-0.4, -0.2) is 21.9 Å². The molecule has 0 saturated heterocycles. The first-order valence-corrected chi connectivity index (χ1v) is 9.85. The Morgan fingerprint density at radius 1 is 1.16 bits per heavy atom. The number of ether oxygens (including phenoxy) is 1. The molecule has 0 unspecified atom stereocenters. The molecule has 1 N–H and O–H groups in total. The number of amides is 2. The molecule has 4 rings (SSSR count). The summed E-state index contributed by atoms with van der Waals surface area (Å²) in [6.45, 7) is 3.58. The Bertz CT molecular complexity index is 1200. The first-order chi connectivity index (χ1) is 15.3. The van der Waals surface area contributed by atoms with Crippen LogP contribution in [0.1, 0.15) is 35.3 Å². The number of rotatable bonds is 5. The average molecular weight is 432 g/mol. The minimum absolute atomic E-state index is 0.0150. The second-order valence-corrected chi connectivity index (χ2v) is 7.78. The Morgan fingerprint density at radius 3 is 2.50 bits per heavy atom. The Labute approximate surface area is 183 Å². The Hall–Kier alpha value is -4.27. The van der Waals surface area contributed by atoms with E-state index < -0.39 is 22.5 Å². The van der Waals surface area contributed by atoms with Gasteiger partial charge in [-0.2, -0.15) is 0 Å². The third kappa shape index (κ3) is 4.00. The maximum Gasteiger partial charge on any atom is 0.415 e. The number of nitrogens with one attached hydrogen (secondary N) is 1. The highest BCUT2D eigenvalue weighted by molar-refractivity contribution is 6.06. The number of nitro benzene ring substituents is 1. The van der Waals surface area contributed by atoms with E-state index in [4.69, 9.17) is 4.74 Å². The van der Waals surface area contributed by atoms with Crippen LogP contribution >= 0.6 is 0 Å². The van der Waals surface area contributed by atoms with E-state index in [1.165, 1.54) is 41.6 Å².